The highest BCUT2D eigenvalue weighted by molar-refractivity contribution is 5.90. The molecule has 0 aliphatic rings. The molecule has 0 aromatic carbocycles. The van der Waals surface area contributed by atoms with Crippen LogP contribution in [0.15, 0.2) is 6.33 Å². The first-order valence-electron chi connectivity index (χ1n) is 4.08. The molecule has 2 amide bonds. The summed E-state index contributed by atoms with van der Waals surface area (Å²) >= 11 is 0. The summed E-state index contributed by atoms with van der Waals surface area (Å²) in [6.45, 7) is 0.277. The summed E-state index contributed by atoms with van der Waals surface area (Å²) in [5, 5.41) is 10.9. The molecule has 0 spiro atoms. The van der Waals surface area contributed by atoms with Crippen molar-refractivity contribution in [3.63, 3.8) is 0 Å². The molecule has 0 fully saturated rings. The standard InChI is InChI=1S/C7H11N5O2/c1-8-5(13)2-3-9-7(14)6-10-4-11-12-6/h4H,2-3H2,1H3,(H,8,13)(H,9,14)(H,10,11,12). The van der Waals surface area contributed by atoms with Crippen molar-refractivity contribution in [3.05, 3.63) is 12.2 Å². The Morgan fingerprint density at radius 1 is 1.57 bits per heavy atom. The van der Waals surface area contributed by atoms with Crippen molar-refractivity contribution in [3.8, 4) is 0 Å². The molecular weight excluding hydrogens is 186 g/mol. The van der Waals surface area contributed by atoms with Gasteiger partial charge in [0.1, 0.15) is 6.33 Å². The van der Waals surface area contributed by atoms with E-state index in [9.17, 15) is 9.59 Å². The van der Waals surface area contributed by atoms with Gasteiger partial charge in [0, 0.05) is 20.0 Å². The number of nitrogens with zero attached hydrogens (tertiary/aromatic N) is 2. The molecule has 0 bridgehead atoms. The molecule has 0 saturated carbocycles. The van der Waals surface area contributed by atoms with Crippen LogP contribution in [0.5, 0.6) is 0 Å². The summed E-state index contributed by atoms with van der Waals surface area (Å²) in [7, 11) is 1.54. The largest absolute Gasteiger partial charge is 0.359 e. The fraction of sp³-hybridized carbons (Fsp3) is 0.429. The third kappa shape index (κ3) is 2.85. The quantitative estimate of drug-likeness (QED) is 0.556. The molecule has 7 heteroatoms. The molecule has 14 heavy (non-hydrogen) atoms. The van der Waals surface area contributed by atoms with Crippen LogP contribution in [-0.4, -0.2) is 40.6 Å². The number of carbonyl (C=O) groups is 2. The topological polar surface area (TPSA) is 99.8 Å². The molecule has 1 aromatic rings. The van der Waals surface area contributed by atoms with Gasteiger partial charge in [-0.25, -0.2) is 4.98 Å². The van der Waals surface area contributed by atoms with Crippen LogP contribution in [0.25, 0.3) is 0 Å². The number of nitrogens with one attached hydrogen (secondary N) is 3. The maximum atomic E-state index is 11.2. The van der Waals surface area contributed by atoms with Gasteiger partial charge in [-0.05, 0) is 0 Å². The predicted molar refractivity (Wildman–Crippen MR) is 47.4 cm³/mol. The van der Waals surface area contributed by atoms with Crippen LogP contribution in [0.2, 0.25) is 0 Å². The Hall–Kier alpha value is -1.92. The molecule has 0 saturated heterocycles. The Balaban J connectivity index is 2.26. The molecule has 0 aliphatic heterocycles. The molecular formula is C7H11N5O2. The summed E-state index contributed by atoms with van der Waals surface area (Å²) < 4.78 is 0. The molecule has 1 rings (SSSR count). The van der Waals surface area contributed by atoms with Gasteiger partial charge in [0.2, 0.25) is 11.7 Å². The second-order valence-electron chi connectivity index (χ2n) is 2.51. The summed E-state index contributed by atoms with van der Waals surface area (Å²) in [4.78, 5) is 25.6. The van der Waals surface area contributed by atoms with Crippen molar-refractivity contribution in [2.75, 3.05) is 13.6 Å². The van der Waals surface area contributed by atoms with Crippen LogP contribution in [0.3, 0.4) is 0 Å². The third-order valence-corrected chi connectivity index (χ3v) is 1.55. The zero-order valence-corrected chi connectivity index (χ0v) is 7.70. The van der Waals surface area contributed by atoms with Gasteiger partial charge < -0.3 is 10.6 Å². The molecule has 0 atom stereocenters. The zero-order valence-electron chi connectivity index (χ0n) is 7.70. The summed E-state index contributed by atoms with van der Waals surface area (Å²) in [5.41, 5.74) is 0. The molecule has 0 unspecified atom stereocenters. The molecule has 3 N–H and O–H groups in total. The number of aromatic amines is 1. The smallest absolute Gasteiger partial charge is 0.288 e. The van der Waals surface area contributed by atoms with Crippen LogP contribution >= 0.6 is 0 Å². The normalized spacial score (nSPS) is 9.50. The van der Waals surface area contributed by atoms with Gasteiger partial charge in [-0.2, -0.15) is 5.10 Å². The average molecular weight is 197 g/mol. The fourth-order valence-electron chi connectivity index (χ4n) is 0.813. The Morgan fingerprint density at radius 3 is 2.93 bits per heavy atom. The minimum absolute atomic E-state index is 0.122. The fourth-order valence-corrected chi connectivity index (χ4v) is 0.813. The lowest BCUT2D eigenvalue weighted by molar-refractivity contribution is -0.120. The Labute approximate surface area is 80.3 Å². The highest BCUT2D eigenvalue weighted by Crippen LogP contribution is 1.85. The number of amides is 2. The van der Waals surface area contributed by atoms with E-state index in [1.165, 1.54) is 6.33 Å². The molecule has 1 heterocycles. The van der Waals surface area contributed by atoms with Crippen molar-refractivity contribution < 1.29 is 9.59 Å². The number of hydrogen-bond acceptors (Lipinski definition) is 4. The SMILES string of the molecule is CNC(=O)CCNC(=O)c1ncn[nH]1. The maximum Gasteiger partial charge on any atom is 0.288 e. The highest BCUT2D eigenvalue weighted by atomic mass is 16.2. The van der Waals surface area contributed by atoms with E-state index < -0.39 is 0 Å². The van der Waals surface area contributed by atoms with E-state index in [-0.39, 0.29) is 30.6 Å². The molecule has 0 radical (unpaired) electrons. The summed E-state index contributed by atoms with van der Waals surface area (Å²) in [6.07, 6.45) is 1.49. The lowest BCUT2D eigenvalue weighted by atomic mass is 10.4. The Kier molecular flexibility index (Phi) is 3.59. The van der Waals surface area contributed by atoms with E-state index in [0.29, 0.717) is 0 Å². The minimum atomic E-state index is -0.369. The van der Waals surface area contributed by atoms with E-state index in [1.807, 2.05) is 0 Å². The maximum absolute atomic E-state index is 11.2. The molecule has 7 nitrogen and oxygen atoms in total. The number of aromatic nitrogens is 3. The van der Waals surface area contributed by atoms with Gasteiger partial charge in [-0.1, -0.05) is 0 Å². The third-order valence-electron chi connectivity index (χ3n) is 1.55. The average Bonchev–Trinajstić information content (AvgIpc) is 2.70. The van der Waals surface area contributed by atoms with E-state index in [0.717, 1.165) is 0 Å². The number of carbonyl (C=O) groups excluding carboxylic acids is 2. The number of H-pyrrole nitrogens is 1. The molecule has 1 aromatic heterocycles. The predicted octanol–water partition coefficient (Wildman–Crippen LogP) is -1.33. The van der Waals surface area contributed by atoms with E-state index >= 15 is 0 Å². The summed E-state index contributed by atoms with van der Waals surface area (Å²) in [6, 6.07) is 0. The van der Waals surface area contributed by atoms with Crippen LogP contribution in [0.1, 0.15) is 17.0 Å². The van der Waals surface area contributed by atoms with E-state index in [4.69, 9.17) is 0 Å². The van der Waals surface area contributed by atoms with Crippen molar-refractivity contribution in [2.24, 2.45) is 0 Å². The molecule has 0 aliphatic carbocycles. The zero-order chi connectivity index (χ0) is 10.4. The van der Waals surface area contributed by atoms with Crippen LogP contribution in [0, 0.1) is 0 Å². The number of hydrogen-bond donors (Lipinski definition) is 3. The van der Waals surface area contributed by atoms with Crippen LogP contribution in [-0.2, 0) is 4.79 Å². The van der Waals surface area contributed by atoms with Gasteiger partial charge in [-0.15, -0.1) is 0 Å². The molecule has 76 valence electrons. The first-order valence-corrected chi connectivity index (χ1v) is 4.08. The Morgan fingerprint density at radius 2 is 2.36 bits per heavy atom. The second kappa shape index (κ2) is 4.95. The van der Waals surface area contributed by atoms with Gasteiger partial charge in [-0.3, -0.25) is 14.7 Å². The monoisotopic (exact) mass is 197 g/mol. The van der Waals surface area contributed by atoms with Crippen molar-refractivity contribution in [1.29, 1.82) is 0 Å². The summed E-state index contributed by atoms with van der Waals surface area (Å²) in [5.74, 6) is -0.351. The second-order valence-corrected chi connectivity index (χ2v) is 2.51. The van der Waals surface area contributed by atoms with Crippen LogP contribution in [0.4, 0.5) is 0 Å². The highest BCUT2D eigenvalue weighted by Gasteiger charge is 2.07. The number of rotatable bonds is 4. The van der Waals surface area contributed by atoms with Crippen molar-refractivity contribution in [1.82, 2.24) is 25.8 Å². The van der Waals surface area contributed by atoms with E-state index in [1.54, 1.807) is 7.05 Å². The van der Waals surface area contributed by atoms with E-state index in [2.05, 4.69) is 25.8 Å². The van der Waals surface area contributed by atoms with Crippen molar-refractivity contribution >= 4 is 11.8 Å². The first-order chi connectivity index (χ1) is 6.74. The lowest BCUT2D eigenvalue weighted by Gasteiger charge is -2.01. The van der Waals surface area contributed by atoms with Gasteiger partial charge in [0.15, 0.2) is 0 Å². The Bertz CT molecular complexity index is 308. The van der Waals surface area contributed by atoms with Gasteiger partial charge in [0.25, 0.3) is 5.91 Å². The van der Waals surface area contributed by atoms with Gasteiger partial charge in [0.05, 0.1) is 0 Å². The van der Waals surface area contributed by atoms with Crippen LogP contribution < -0.4 is 10.6 Å². The minimum Gasteiger partial charge on any atom is -0.359 e. The lowest BCUT2D eigenvalue weighted by Crippen LogP contribution is -2.29. The first kappa shape index (κ1) is 10.2. The van der Waals surface area contributed by atoms with Crippen molar-refractivity contribution in [2.45, 2.75) is 6.42 Å². The van der Waals surface area contributed by atoms with Gasteiger partial charge >= 0.3 is 0 Å².